The highest BCUT2D eigenvalue weighted by Crippen LogP contribution is 2.19. The van der Waals surface area contributed by atoms with Gasteiger partial charge < -0.3 is 9.84 Å². The van der Waals surface area contributed by atoms with Gasteiger partial charge in [-0.2, -0.15) is 0 Å². The minimum absolute atomic E-state index is 0.504. The fourth-order valence-electron chi connectivity index (χ4n) is 1.05. The average Bonchev–Trinajstić information content (AvgIpc) is 2.15. The molecule has 0 saturated heterocycles. The van der Waals surface area contributed by atoms with Crippen LogP contribution < -0.4 is 4.74 Å². The number of methoxy groups -OCH3 is 1. The Bertz CT molecular complexity index is 291. The average molecular weight is 246 g/mol. The van der Waals surface area contributed by atoms with Crippen molar-refractivity contribution in [3.63, 3.8) is 0 Å². The molecule has 1 aromatic rings. The minimum atomic E-state index is -0.504. The molecular formula is C9H12BrNO2. The number of hydrogen-bond donors (Lipinski definition) is 1. The van der Waals surface area contributed by atoms with Crippen LogP contribution in [-0.2, 0) is 0 Å². The molecule has 1 aromatic heterocycles. The summed E-state index contributed by atoms with van der Waals surface area (Å²) in [4.78, 5) is 4.12. The number of aromatic nitrogens is 1. The van der Waals surface area contributed by atoms with E-state index in [1.807, 2.05) is 13.0 Å². The van der Waals surface area contributed by atoms with Crippen LogP contribution >= 0.6 is 15.9 Å². The second kappa shape index (κ2) is 4.58. The molecule has 0 saturated carbocycles. The van der Waals surface area contributed by atoms with Gasteiger partial charge in [-0.1, -0.05) is 15.9 Å². The molecule has 0 radical (unpaired) electrons. The van der Waals surface area contributed by atoms with E-state index in [2.05, 4.69) is 20.9 Å². The molecule has 0 amide bonds. The Balaban J connectivity index is 3.01. The number of ether oxygens (including phenoxy) is 1. The van der Waals surface area contributed by atoms with Crippen LogP contribution in [0.25, 0.3) is 0 Å². The second-order valence-electron chi connectivity index (χ2n) is 2.75. The van der Waals surface area contributed by atoms with E-state index in [0.29, 0.717) is 11.2 Å². The molecule has 0 aliphatic rings. The third kappa shape index (κ3) is 2.67. The Hall–Kier alpha value is -0.610. The summed E-state index contributed by atoms with van der Waals surface area (Å²) in [6.45, 7) is 1.87. The number of nitrogens with zero attached hydrogens (tertiary/aromatic N) is 1. The van der Waals surface area contributed by atoms with Crippen molar-refractivity contribution >= 4 is 15.9 Å². The van der Waals surface area contributed by atoms with Crippen molar-refractivity contribution in [1.82, 2.24) is 4.98 Å². The number of aryl methyl sites for hydroxylation is 1. The van der Waals surface area contributed by atoms with Gasteiger partial charge in [-0.15, -0.1) is 0 Å². The molecule has 0 aliphatic heterocycles. The summed E-state index contributed by atoms with van der Waals surface area (Å²) >= 11 is 3.21. The molecule has 1 rings (SSSR count). The maximum Gasteiger partial charge on any atom is 0.213 e. The van der Waals surface area contributed by atoms with Crippen LogP contribution in [0.4, 0.5) is 0 Å². The maximum absolute atomic E-state index is 9.54. The van der Waals surface area contributed by atoms with Crippen LogP contribution in [0.1, 0.15) is 17.4 Å². The van der Waals surface area contributed by atoms with Gasteiger partial charge in [0.1, 0.15) is 0 Å². The van der Waals surface area contributed by atoms with E-state index in [0.717, 1.165) is 11.3 Å². The van der Waals surface area contributed by atoms with Gasteiger partial charge in [-0.3, -0.25) is 0 Å². The maximum atomic E-state index is 9.54. The van der Waals surface area contributed by atoms with Gasteiger partial charge in [-0.05, 0) is 18.6 Å². The summed E-state index contributed by atoms with van der Waals surface area (Å²) < 4.78 is 4.99. The molecule has 1 atom stereocenters. The number of alkyl halides is 1. The van der Waals surface area contributed by atoms with E-state index >= 15 is 0 Å². The Morgan fingerprint density at radius 2 is 2.31 bits per heavy atom. The van der Waals surface area contributed by atoms with Gasteiger partial charge in [0.15, 0.2) is 0 Å². The predicted octanol–water partition coefficient (Wildman–Crippen LogP) is 1.83. The van der Waals surface area contributed by atoms with Crippen molar-refractivity contribution in [3.8, 4) is 5.88 Å². The first-order valence-corrected chi connectivity index (χ1v) is 5.06. The lowest BCUT2D eigenvalue weighted by molar-refractivity contribution is 0.204. The van der Waals surface area contributed by atoms with Gasteiger partial charge in [0.2, 0.25) is 5.88 Å². The van der Waals surface area contributed by atoms with Crippen LogP contribution in [0.5, 0.6) is 5.88 Å². The standard InChI is InChI=1S/C9H12BrNO2/c1-6-3-7(8(12)5-10)4-9(11-6)13-2/h3-4,8,12H,5H2,1-2H3. The summed E-state index contributed by atoms with van der Waals surface area (Å²) in [6.07, 6.45) is -0.504. The first-order chi connectivity index (χ1) is 6.17. The number of hydrogen-bond acceptors (Lipinski definition) is 3. The zero-order valence-electron chi connectivity index (χ0n) is 7.62. The third-order valence-electron chi connectivity index (χ3n) is 1.69. The zero-order valence-corrected chi connectivity index (χ0v) is 9.21. The molecule has 1 unspecified atom stereocenters. The fraction of sp³-hybridized carbons (Fsp3) is 0.444. The molecular weight excluding hydrogens is 234 g/mol. The van der Waals surface area contributed by atoms with Crippen molar-refractivity contribution in [2.75, 3.05) is 12.4 Å². The monoisotopic (exact) mass is 245 g/mol. The Labute approximate surface area is 85.9 Å². The van der Waals surface area contributed by atoms with Crippen molar-refractivity contribution in [2.24, 2.45) is 0 Å². The third-order valence-corrected chi connectivity index (χ3v) is 2.31. The number of rotatable bonds is 3. The fourth-order valence-corrected chi connectivity index (χ4v) is 1.42. The lowest BCUT2D eigenvalue weighted by atomic mass is 10.1. The summed E-state index contributed by atoms with van der Waals surface area (Å²) in [5.41, 5.74) is 1.66. The van der Waals surface area contributed by atoms with Crippen molar-refractivity contribution in [3.05, 3.63) is 23.4 Å². The molecule has 0 bridgehead atoms. The zero-order chi connectivity index (χ0) is 9.84. The Kier molecular flexibility index (Phi) is 3.69. The molecule has 72 valence electrons. The molecule has 1 heterocycles. The normalized spacial score (nSPS) is 12.6. The van der Waals surface area contributed by atoms with E-state index in [9.17, 15) is 5.11 Å². The summed E-state index contributed by atoms with van der Waals surface area (Å²) in [6, 6.07) is 3.58. The van der Waals surface area contributed by atoms with E-state index in [1.165, 1.54) is 0 Å². The van der Waals surface area contributed by atoms with Gasteiger partial charge in [0.05, 0.1) is 13.2 Å². The topological polar surface area (TPSA) is 42.4 Å². The van der Waals surface area contributed by atoms with Crippen molar-refractivity contribution in [1.29, 1.82) is 0 Å². The van der Waals surface area contributed by atoms with Gasteiger partial charge in [-0.25, -0.2) is 4.98 Å². The lowest BCUT2D eigenvalue weighted by Crippen LogP contribution is -2.01. The van der Waals surface area contributed by atoms with Crippen LogP contribution in [0.3, 0.4) is 0 Å². The predicted molar refractivity (Wildman–Crippen MR) is 54.3 cm³/mol. The van der Waals surface area contributed by atoms with E-state index < -0.39 is 6.10 Å². The van der Waals surface area contributed by atoms with E-state index in [4.69, 9.17) is 4.74 Å². The van der Waals surface area contributed by atoms with E-state index in [-0.39, 0.29) is 0 Å². The van der Waals surface area contributed by atoms with Gasteiger partial charge >= 0.3 is 0 Å². The Morgan fingerprint density at radius 3 is 2.85 bits per heavy atom. The lowest BCUT2D eigenvalue weighted by Gasteiger charge is -2.09. The number of aliphatic hydroxyl groups excluding tert-OH is 1. The highest BCUT2D eigenvalue weighted by molar-refractivity contribution is 9.09. The quantitative estimate of drug-likeness (QED) is 0.827. The molecule has 0 aromatic carbocycles. The van der Waals surface area contributed by atoms with Crippen molar-refractivity contribution < 1.29 is 9.84 Å². The molecule has 4 heteroatoms. The van der Waals surface area contributed by atoms with Crippen LogP contribution in [0.15, 0.2) is 12.1 Å². The molecule has 0 spiro atoms. The molecule has 0 fully saturated rings. The SMILES string of the molecule is COc1cc(C(O)CBr)cc(C)n1. The summed E-state index contributed by atoms with van der Waals surface area (Å²) in [5.74, 6) is 0.537. The second-order valence-corrected chi connectivity index (χ2v) is 3.40. The van der Waals surface area contributed by atoms with Crippen molar-refractivity contribution in [2.45, 2.75) is 13.0 Å². The highest BCUT2D eigenvalue weighted by atomic mass is 79.9. The summed E-state index contributed by atoms with van der Waals surface area (Å²) in [7, 11) is 1.56. The Morgan fingerprint density at radius 1 is 1.62 bits per heavy atom. The number of pyridine rings is 1. The largest absolute Gasteiger partial charge is 0.481 e. The molecule has 1 N–H and O–H groups in total. The van der Waals surface area contributed by atoms with Gasteiger partial charge in [0.25, 0.3) is 0 Å². The van der Waals surface area contributed by atoms with Crippen LogP contribution in [0, 0.1) is 6.92 Å². The number of halogens is 1. The smallest absolute Gasteiger partial charge is 0.213 e. The molecule has 13 heavy (non-hydrogen) atoms. The summed E-state index contributed by atoms with van der Waals surface area (Å²) in [5, 5.41) is 10.1. The first kappa shape index (κ1) is 10.5. The van der Waals surface area contributed by atoms with Gasteiger partial charge in [0, 0.05) is 17.1 Å². The minimum Gasteiger partial charge on any atom is -0.481 e. The van der Waals surface area contributed by atoms with Crippen LogP contribution in [0.2, 0.25) is 0 Å². The highest BCUT2D eigenvalue weighted by Gasteiger charge is 2.08. The molecule has 3 nitrogen and oxygen atoms in total. The number of aliphatic hydroxyl groups is 1. The van der Waals surface area contributed by atoms with Crippen LogP contribution in [-0.4, -0.2) is 22.5 Å². The molecule has 0 aliphatic carbocycles. The first-order valence-electron chi connectivity index (χ1n) is 3.94. The van der Waals surface area contributed by atoms with E-state index in [1.54, 1.807) is 13.2 Å².